The third-order valence-corrected chi connectivity index (χ3v) is 5.66. The van der Waals surface area contributed by atoms with Crippen molar-refractivity contribution in [2.24, 2.45) is 0 Å². The molecule has 22 heavy (non-hydrogen) atoms. The first-order valence-corrected chi connectivity index (χ1v) is 8.74. The molecule has 0 atom stereocenters. The van der Waals surface area contributed by atoms with Crippen molar-refractivity contribution in [1.82, 2.24) is 5.32 Å². The van der Waals surface area contributed by atoms with Crippen molar-refractivity contribution in [3.8, 4) is 5.75 Å². The minimum Gasteiger partial charge on any atom is -0.494 e. The van der Waals surface area contributed by atoms with Crippen LogP contribution >= 0.6 is 0 Å². The molecule has 1 aliphatic rings. The van der Waals surface area contributed by atoms with Gasteiger partial charge in [0.2, 0.25) is 10.0 Å². The minimum absolute atomic E-state index is 0.391. The fourth-order valence-corrected chi connectivity index (χ4v) is 4.12. The molecule has 1 aliphatic heterocycles. The average Bonchev–Trinajstić information content (AvgIpc) is 2.54. The number of hydrogen-bond donors (Lipinski definition) is 4. The molecule has 7 nitrogen and oxygen atoms in total. The van der Waals surface area contributed by atoms with Crippen LogP contribution < -0.4 is 25.5 Å². The lowest BCUT2D eigenvalue weighted by Gasteiger charge is -2.25. The van der Waals surface area contributed by atoms with Gasteiger partial charge in [-0.15, -0.1) is 0 Å². The van der Waals surface area contributed by atoms with Gasteiger partial charge in [-0.3, -0.25) is 10.1 Å². The lowest BCUT2D eigenvalue weighted by atomic mass is 10.1. The standard InChI is InChI=1S/C14H22N4O3S/c1-16-13-10(9-15)3-4-12(21-2)14(13)18-22(19,20)11-5-7-17-8-6-11/h3-4,9,11,15-18H,5-8H2,1-2H3/p+1. The lowest BCUT2D eigenvalue weighted by Crippen LogP contribution is -2.38. The molecule has 0 saturated carbocycles. The molecular formula is C14H23N4O3S+. The zero-order chi connectivity index (χ0) is 16.2. The Bertz CT molecular complexity index is 640. The third-order valence-electron chi connectivity index (χ3n) is 3.82. The van der Waals surface area contributed by atoms with Crippen molar-refractivity contribution in [3.63, 3.8) is 0 Å². The van der Waals surface area contributed by atoms with Crippen LogP contribution in [0, 0.1) is 0 Å². The van der Waals surface area contributed by atoms with Crippen LogP contribution in [0.5, 0.6) is 5.75 Å². The summed E-state index contributed by atoms with van der Waals surface area (Å²) in [5, 5.41) is 11.3. The summed E-state index contributed by atoms with van der Waals surface area (Å²) in [6.45, 7) is 1.41. The number of sulfonamides is 1. The van der Waals surface area contributed by atoms with Crippen molar-refractivity contribution in [3.05, 3.63) is 17.7 Å². The molecular weight excluding hydrogens is 304 g/mol. The van der Waals surface area contributed by atoms with E-state index < -0.39 is 15.3 Å². The summed E-state index contributed by atoms with van der Waals surface area (Å²) >= 11 is 0. The van der Waals surface area contributed by atoms with Gasteiger partial charge in [-0.2, -0.15) is 0 Å². The van der Waals surface area contributed by atoms with E-state index in [9.17, 15) is 8.42 Å². The zero-order valence-electron chi connectivity index (χ0n) is 12.8. The van der Waals surface area contributed by atoms with Gasteiger partial charge in [0.1, 0.15) is 11.4 Å². The monoisotopic (exact) mass is 327 g/mol. The molecule has 1 saturated heterocycles. The van der Waals surface area contributed by atoms with Crippen molar-refractivity contribution in [1.29, 1.82) is 0 Å². The minimum atomic E-state index is -3.49. The fraction of sp³-hybridized carbons (Fsp3) is 0.500. The van der Waals surface area contributed by atoms with Crippen molar-refractivity contribution in [2.45, 2.75) is 18.1 Å². The number of hydrogen-bond acceptors (Lipinski definition) is 5. The van der Waals surface area contributed by atoms with E-state index in [1.54, 1.807) is 19.2 Å². The molecule has 0 amide bonds. The van der Waals surface area contributed by atoms with Crippen LogP contribution in [0.3, 0.4) is 0 Å². The van der Waals surface area contributed by atoms with Crippen LogP contribution in [0.2, 0.25) is 0 Å². The van der Waals surface area contributed by atoms with Crippen LogP contribution in [0.25, 0.3) is 0 Å². The Hall–Kier alpha value is -1.80. The highest BCUT2D eigenvalue weighted by atomic mass is 32.2. The number of nitrogens with two attached hydrogens (primary N) is 1. The number of ether oxygens (including phenoxy) is 1. The predicted molar refractivity (Wildman–Crippen MR) is 88.1 cm³/mol. The van der Waals surface area contributed by atoms with Crippen molar-refractivity contribution < 1.29 is 18.6 Å². The molecule has 1 aromatic rings. The van der Waals surface area contributed by atoms with Crippen LogP contribution in [0.15, 0.2) is 12.1 Å². The Morgan fingerprint density at radius 2 is 2.00 bits per heavy atom. The van der Waals surface area contributed by atoms with Gasteiger partial charge in [-0.05, 0) is 38.1 Å². The SMILES string of the molecule is CNc1c(C=[NH2+])ccc(OC)c1NS(=O)(=O)C1CCNCC1. The number of piperidine rings is 1. The number of rotatable bonds is 6. The van der Waals surface area contributed by atoms with Gasteiger partial charge < -0.3 is 15.4 Å². The number of nitrogens with one attached hydrogen (secondary N) is 3. The number of benzene rings is 1. The largest absolute Gasteiger partial charge is 0.494 e. The quantitative estimate of drug-likeness (QED) is 0.523. The van der Waals surface area contributed by atoms with E-state index in [-0.39, 0.29) is 0 Å². The Kier molecular flexibility index (Phi) is 5.25. The third kappa shape index (κ3) is 3.33. The highest BCUT2D eigenvalue weighted by Gasteiger charge is 2.29. The van der Waals surface area contributed by atoms with E-state index in [0.717, 1.165) is 0 Å². The zero-order valence-corrected chi connectivity index (χ0v) is 13.7. The molecule has 0 unspecified atom stereocenters. The van der Waals surface area contributed by atoms with Crippen LogP contribution in [0.1, 0.15) is 18.4 Å². The molecule has 0 aromatic heterocycles. The van der Waals surface area contributed by atoms with Crippen LogP contribution in [-0.4, -0.2) is 47.1 Å². The van der Waals surface area contributed by atoms with Gasteiger partial charge in [0.25, 0.3) is 0 Å². The molecule has 122 valence electrons. The van der Waals surface area contributed by atoms with E-state index in [1.807, 2.05) is 0 Å². The molecule has 1 aromatic carbocycles. The lowest BCUT2D eigenvalue weighted by molar-refractivity contribution is -0.104. The first-order chi connectivity index (χ1) is 10.5. The second-order valence-corrected chi connectivity index (χ2v) is 7.08. The molecule has 1 heterocycles. The first-order valence-electron chi connectivity index (χ1n) is 7.19. The second-order valence-electron chi connectivity index (χ2n) is 5.12. The highest BCUT2D eigenvalue weighted by molar-refractivity contribution is 7.93. The van der Waals surface area contributed by atoms with Crippen molar-refractivity contribution in [2.75, 3.05) is 37.3 Å². The second kappa shape index (κ2) is 6.97. The van der Waals surface area contributed by atoms with Crippen molar-refractivity contribution >= 4 is 27.6 Å². The summed E-state index contributed by atoms with van der Waals surface area (Å²) in [4.78, 5) is 0. The highest BCUT2D eigenvalue weighted by Crippen LogP contribution is 2.36. The number of methoxy groups -OCH3 is 1. The topological polar surface area (TPSA) is 105 Å². The maximum absolute atomic E-state index is 12.6. The summed E-state index contributed by atoms with van der Waals surface area (Å²) < 4.78 is 33.2. The van der Waals surface area contributed by atoms with E-state index >= 15 is 0 Å². The summed E-state index contributed by atoms with van der Waals surface area (Å²) in [6, 6.07) is 3.47. The average molecular weight is 327 g/mol. The normalized spacial score (nSPS) is 16.1. The fourth-order valence-electron chi connectivity index (χ4n) is 2.61. The van der Waals surface area contributed by atoms with Gasteiger partial charge in [-0.25, -0.2) is 8.42 Å². The Morgan fingerprint density at radius 1 is 1.32 bits per heavy atom. The van der Waals surface area contributed by atoms with Gasteiger partial charge in [0.15, 0.2) is 6.21 Å². The first kappa shape index (κ1) is 16.6. The number of anilines is 2. The van der Waals surface area contributed by atoms with Gasteiger partial charge in [0.05, 0.1) is 23.6 Å². The Morgan fingerprint density at radius 3 is 2.55 bits per heavy atom. The molecule has 0 bridgehead atoms. The van der Waals surface area contributed by atoms with Crippen LogP contribution in [0.4, 0.5) is 11.4 Å². The summed E-state index contributed by atoms with van der Waals surface area (Å²) in [5.74, 6) is 0.451. The van der Waals surface area contributed by atoms with Gasteiger partial charge in [-0.1, -0.05) is 0 Å². The van der Waals surface area contributed by atoms with E-state index in [0.29, 0.717) is 48.6 Å². The Balaban J connectivity index is 2.40. The summed E-state index contributed by atoms with van der Waals surface area (Å²) in [6.07, 6.45) is 2.61. The molecule has 1 fully saturated rings. The molecule has 0 radical (unpaired) electrons. The van der Waals surface area contributed by atoms with E-state index in [2.05, 4.69) is 15.4 Å². The summed E-state index contributed by atoms with van der Waals surface area (Å²) in [7, 11) is -0.276. The maximum atomic E-state index is 12.6. The maximum Gasteiger partial charge on any atom is 0.235 e. The molecule has 8 heteroatoms. The van der Waals surface area contributed by atoms with Crippen LogP contribution in [-0.2, 0) is 10.0 Å². The molecule has 0 spiro atoms. The van der Waals surface area contributed by atoms with E-state index in [1.165, 1.54) is 13.3 Å². The smallest absolute Gasteiger partial charge is 0.235 e. The molecule has 5 N–H and O–H groups in total. The van der Waals surface area contributed by atoms with Gasteiger partial charge >= 0.3 is 0 Å². The molecule has 2 rings (SSSR count). The molecule has 0 aliphatic carbocycles. The van der Waals surface area contributed by atoms with Gasteiger partial charge in [0, 0.05) is 7.05 Å². The van der Waals surface area contributed by atoms with E-state index in [4.69, 9.17) is 10.1 Å². The summed E-state index contributed by atoms with van der Waals surface area (Å²) in [5.41, 5.74) is 1.69. The predicted octanol–water partition coefficient (Wildman–Crippen LogP) is -0.591. The Labute approximate surface area is 131 Å².